The van der Waals surface area contributed by atoms with E-state index in [0.29, 0.717) is 12.2 Å². The van der Waals surface area contributed by atoms with E-state index >= 15 is 0 Å². The number of ether oxygens (including phenoxy) is 2. The van der Waals surface area contributed by atoms with E-state index in [1.807, 2.05) is 0 Å². The van der Waals surface area contributed by atoms with Crippen molar-refractivity contribution in [1.82, 2.24) is 9.13 Å². The maximum atomic E-state index is 5.91. The molecule has 4 nitrogen and oxygen atoms in total. The largest absolute Gasteiger partial charge is 0.376 e. The van der Waals surface area contributed by atoms with E-state index in [2.05, 4.69) is 62.8 Å². The first-order chi connectivity index (χ1) is 13.8. The van der Waals surface area contributed by atoms with Gasteiger partial charge in [0.2, 0.25) is 0 Å². The third kappa shape index (κ3) is 3.82. The van der Waals surface area contributed by atoms with Crippen molar-refractivity contribution < 1.29 is 9.47 Å². The molecule has 0 saturated carbocycles. The van der Waals surface area contributed by atoms with Gasteiger partial charge in [-0.15, -0.1) is 0 Å². The van der Waals surface area contributed by atoms with Crippen LogP contribution in [0.5, 0.6) is 0 Å². The number of rotatable bonds is 6. The Balaban J connectivity index is 1.64. The van der Waals surface area contributed by atoms with Gasteiger partial charge < -0.3 is 18.6 Å². The van der Waals surface area contributed by atoms with Gasteiger partial charge in [-0.25, -0.2) is 0 Å². The lowest BCUT2D eigenvalue weighted by Gasteiger charge is -2.27. The molecule has 2 aliphatic heterocycles. The molecule has 2 aliphatic rings. The van der Waals surface area contributed by atoms with Crippen molar-refractivity contribution in [3.63, 3.8) is 0 Å². The molecule has 4 heterocycles. The Morgan fingerprint density at radius 1 is 0.793 bits per heavy atom. The minimum absolute atomic E-state index is 0.0345. The second kappa shape index (κ2) is 7.96. The molecular weight excluding hydrogens is 360 g/mol. The van der Waals surface area contributed by atoms with Crippen LogP contribution in [0.1, 0.15) is 73.4 Å². The lowest BCUT2D eigenvalue weighted by molar-refractivity contribution is 0.0961. The summed E-state index contributed by atoms with van der Waals surface area (Å²) in [6.07, 6.45) is 5.48. The van der Waals surface area contributed by atoms with Crippen LogP contribution in [0.4, 0.5) is 0 Å². The van der Waals surface area contributed by atoms with Crippen LogP contribution in [-0.2, 0) is 28.0 Å². The highest BCUT2D eigenvalue weighted by Gasteiger charge is 2.32. The van der Waals surface area contributed by atoms with E-state index in [4.69, 9.17) is 9.47 Å². The third-order valence-corrected chi connectivity index (χ3v) is 7.31. The quantitative estimate of drug-likeness (QED) is 0.668. The van der Waals surface area contributed by atoms with Gasteiger partial charge in [-0.05, 0) is 76.6 Å². The van der Waals surface area contributed by atoms with Crippen LogP contribution >= 0.6 is 0 Å². The molecule has 2 fully saturated rings. The summed E-state index contributed by atoms with van der Waals surface area (Å²) >= 11 is 0. The van der Waals surface area contributed by atoms with Crippen LogP contribution in [0.15, 0.2) is 12.1 Å². The number of aryl methyl sites for hydroxylation is 2. The predicted molar refractivity (Wildman–Crippen MR) is 118 cm³/mol. The Labute approximate surface area is 176 Å². The van der Waals surface area contributed by atoms with Crippen LogP contribution < -0.4 is 0 Å². The molecule has 0 aliphatic carbocycles. The van der Waals surface area contributed by atoms with Crippen LogP contribution in [0.2, 0.25) is 0 Å². The average Bonchev–Trinajstić information content (AvgIpc) is 3.45. The number of nitrogens with zero attached hydrogens (tertiary/aromatic N) is 2. The maximum absolute atomic E-state index is 5.91. The lowest BCUT2D eigenvalue weighted by atomic mass is 9.78. The van der Waals surface area contributed by atoms with E-state index in [9.17, 15) is 0 Å². The normalized spacial score (nSPS) is 22.7. The van der Waals surface area contributed by atoms with Gasteiger partial charge in [0.05, 0.1) is 12.2 Å². The summed E-state index contributed by atoms with van der Waals surface area (Å²) in [5, 5.41) is 0. The highest BCUT2D eigenvalue weighted by atomic mass is 16.5. The minimum atomic E-state index is -0.0345. The smallest absolute Gasteiger partial charge is 0.0754 e. The van der Waals surface area contributed by atoms with Gasteiger partial charge in [0.1, 0.15) is 0 Å². The molecule has 0 amide bonds. The molecule has 2 saturated heterocycles. The van der Waals surface area contributed by atoms with Gasteiger partial charge in [-0.2, -0.15) is 0 Å². The predicted octanol–water partition coefficient (Wildman–Crippen LogP) is 5.21. The van der Waals surface area contributed by atoms with E-state index in [0.717, 1.165) is 26.3 Å². The van der Waals surface area contributed by atoms with Gasteiger partial charge in [0.25, 0.3) is 0 Å². The van der Waals surface area contributed by atoms with E-state index in [1.54, 1.807) is 0 Å². The summed E-state index contributed by atoms with van der Waals surface area (Å²) in [7, 11) is 0. The molecular formula is C25H38N2O2. The second-order valence-corrected chi connectivity index (χ2v) is 9.69. The van der Waals surface area contributed by atoms with Crippen molar-refractivity contribution in [3.8, 4) is 0 Å². The van der Waals surface area contributed by atoms with Gasteiger partial charge in [0, 0.05) is 54.5 Å². The summed E-state index contributed by atoms with van der Waals surface area (Å²) < 4.78 is 16.8. The Morgan fingerprint density at radius 2 is 1.21 bits per heavy atom. The van der Waals surface area contributed by atoms with Gasteiger partial charge in [-0.1, -0.05) is 13.8 Å². The monoisotopic (exact) mass is 398 g/mol. The average molecular weight is 399 g/mol. The molecule has 2 aromatic rings. The fraction of sp³-hybridized carbons (Fsp3) is 0.680. The van der Waals surface area contributed by atoms with Gasteiger partial charge >= 0.3 is 0 Å². The maximum Gasteiger partial charge on any atom is 0.0754 e. The fourth-order valence-electron chi connectivity index (χ4n) is 5.56. The first-order valence-corrected chi connectivity index (χ1v) is 11.4. The molecule has 2 atom stereocenters. The Hall–Kier alpha value is -1.52. The zero-order chi connectivity index (χ0) is 20.8. The summed E-state index contributed by atoms with van der Waals surface area (Å²) in [4.78, 5) is 0. The number of hydrogen-bond acceptors (Lipinski definition) is 2. The molecule has 2 aromatic heterocycles. The summed E-state index contributed by atoms with van der Waals surface area (Å²) in [5.41, 5.74) is 8.28. The van der Waals surface area contributed by atoms with Crippen LogP contribution in [0.25, 0.3) is 0 Å². The van der Waals surface area contributed by atoms with Gasteiger partial charge in [0.15, 0.2) is 0 Å². The minimum Gasteiger partial charge on any atom is -0.376 e. The standard InChI is InChI=1S/C25H38N2O2/c1-17-13-23(19(3)26(17)15-21-9-7-11-28-21)25(5,6)24-14-18(2)27(20(24)4)16-22-10-8-12-29-22/h13-14,21-22H,7-12,15-16H2,1-6H3/t21-,22+. The molecule has 4 heteroatoms. The van der Waals surface area contributed by atoms with Crippen molar-refractivity contribution in [2.24, 2.45) is 0 Å². The van der Waals surface area contributed by atoms with Crippen LogP contribution in [0, 0.1) is 27.7 Å². The molecule has 0 radical (unpaired) electrons. The van der Waals surface area contributed by atoms with Crippen molar-refractivity contribution in [1.29, 1.82) is 0 Å². The van der Waals surface area contributed by atoms with Crippen molar-refractivity contribution in [2.75, 3.05) is 13.2 Å². The van der Waals surface area contributed by atoms with Crippen LogP contribution in [-0.4, -0.2) is 34.6 Å². The molecule has 0 unspecified atom stereocenters. The zero-order valence-corrected chi connectivity index (χ0v) is 19.2. The zero-order valence-electron chi connectivity index (χ0n) is 19.2. The molecule has 29 heavy (non-hydrogen) atoms. The Kier molecular flexibility index (Phi) is 5.69. The van der Waals surface area contributed by atoms with Crippen LogP contribution in [0.3, 0.4) is 0 Å². The number of aromatic nitrogens is 2. The molecule has 0 bridgehead atoms. The first-order valence-electron chi connectivity index (χ1n) is 11.4. The van der Waals surface area contributed by atoms with Crippen molar-refractivity contribution in [2.45, 2.75) is 97.9 Å². The highest BCUT2D eigenvalue weighted by molar-refractivity contribution is 5.45. The summed E-state index contributed by atoms with van der Waals surface area (Å²) in [6.45, 7) is 17.6. The Bertz CT molecular complexity index is 792. The van der Waals surface area contributed by atoms with Crippen molar-refractivity contribution >= 4 is 0 Å². The molecule has 0 N–H and O–H groups in total. The SMILES string of the molecule is Cc1cc(C(C)(C)c2cc(C)n(C[C@@H]3CCCO3)c2C)c(C)n1C[C@H]1CCCO1. The first kappa shape index (κ1) is 20.7. The number of hydrogen-bond donors (Lipinski definition) is 0. The third-order valence-electron chi connectivity index (χ3n) is 7.31. The highest BCUT2D eigenvalue weighted by Crippen LogP contribution is 2.38. The molecule has 0 aromatic carbocycles. The van der Waals surface area contributed by atoms with Gasteiger partial charge in [-0.3, -0.25) is 0 Å². The second-order valence-electron chi connectivity index (χ2n) is 9.69. The topological polar surface area (TPSA) is 28.3 Å². The fourth-order valence-corrected chi connectivity index (χ4v) is 5.56. The summed E-state index contributed by atoms with van der Waals surface area (Å²) in [6, 6.07) is 4.80. The van der Waals surface area contributed by atoms with E-state index in [1.165, 1.54) is 59.6 Å². The molecule has 4 rings (SSSR count). The lowest BCUT2D eigenvalue weighted by Crippen LogP contribution is -2.23. The Morgan fingerprint density at radius 3 is 1.55 bits per heavy atom. The molecule has 160 valence electrons. The molecule has 0 spiro atoms. The summed E-state index contributed by atoms with van der Waals surface area (Å²) in [5.74, 6) is 0. The van der Waals surface area contributed by atoms with E-state index in [-0.39, 0.29) is 5.41 Å². The van der Waals surface area contributed by atoms with Crippen molar-refractivity contribution in [3.05, 3.63) is 46.0 Å². The van der Waals surface area contributed by atoms with E-state index < -0.39 is 0 Å².